The number of nitrogens with one attached hydrogen (secondary N) is 1. The number of benzene rings is 1. The molecule has 1 fully saturated rings. The number of hydrogen-bond acceptors (Lipinski definition) is 2. The molecule has 0 saturated heterocycles. The molecule has 0 bridgehead atoms. The van der Waals surface area contributed by atoms with Gasteiger partial charge in [0.15, 0.2) is 0 Å². The van der Waals surface area contributed by atoms with Crippen molar-refractivity contribution >= 4 is 17.5 Å². The van der Waals surface area contributed by atoms with E-state index >= 15 is 0 Å². The number of hydrogen-bond donors (Lipinski definition) is 1. The molecule has 0 aromatic heterocycles. The van der Waals surface area contributed by atoms with E-state index in [0.717, 1.165) is 18.7 Å². The number of rotatable bonds is 4. The Hall–Kier alpha value is -2.10. The Bertz CT molecular complexity index is 567. The third kappa shape index (κ3) is 2.22. The molecular formula is C16H18N2O2. The highest BCUT2D eigenvalue weighted by molar-refractivity contribution is 6.02. The lowest BCUT2D eigenvalue weighted by Crippen LogP contribution is -2.33. The van der Waals surface area contributed by atoms with Crippen molar-refractivity contribution in [2.24, 2.45) is 11.8 Å². The van der Waals surface area contributed by atoms with Gasteiger partial charge in [-0.3, -0.25) is 9.59 Å². The molecule has 1 aliphatic heterocycles. The van der Waals surface area contributed by atoms with Crippen LogP contribution in [0.4, 0.5) is 5.69 Å². The van der Waals surface area contributed by atoms with Crippen LogP contribution in [0.1, 0.15) is 12.0 Å². The Labute approximate surface area is 118 Å². The van der Waals surface area contributed by atoms with Gasteiger partial charge in [-0.2, -0.15) is 0 Å². The summed E-state index contributed by atoms with van der Waals surface area (Å²) in [6, 6.07) is 7.99. The number of para-hydroxylation sites is 1. The van der Waals surface area contributed by atoms with E-state index in [9.17, 15) is 9.59 Å². The fourth-order valence-corrected chi connectivity index (χ4v) is 2.83. The molecule has 2 unspecified atom stereocenters. The van der Waals surface area contributed by atoms with Crippen LogP contribution in [-0.4, -0.2) is 24.9 Å². The van der Waals surface area contributed by atoms with Crippen LogP contribution < -0.4 is 10.2 Å². The van der Waals surface area contributed by atoms with Gasteiger partial charge in [0, 0.05) is 18.8 Å². The van der Waals surface area contributed by atoms with Crippen molar-refractivity contribution in [1.82, 2.24) is 5.32 Å². The van der Waals surface area contributed by atoms with Gasteiger partial charge in [-0.1, -0.05) is 24.3 Å². The summed E-state index contributed by atoms with van der Waals surface area (Å²) in [5.74, 6) is -0.245. The highest BCUT2D eigenvalue weighted by Crippen LogP contribution is 2.42. The highest BCUT2D eigenvalue weighted by atomic mass is 16.2. The van der Waals surface area contributed by atoms with Gasteiger partial charge in [0.25, 0.3) is 0 Å². The SMILES string of the molecule is C=CCNC(=O)C1CC1C(=O)N1CCc2ccccc21. The molecule has 1 aromatic carbocycles. The van der Waals surface area contributed by atoms with Crippen molar-refractivity contribution in [2.45, 2.75) is 12.8 Å². The third-order valence-corrected chi connectivity index (χ3v) is 4.02. The minimum Gasteiger partial charge on any atom is -0.352 e. The molecule has 20 heavy (non-hydrogen) atoms. The van der Waals surface area contributed by atoms with Crippen LogP contribution in [0.25, 0.3) is 0 Å². The zero-order valence-corrected chi connectivity index (χ0v) is 11.3. The third-order valence-electron chi connectivity index (χ3n) is 4.02. The summed E-state index contributed by atoms with van der Waals surface area (Å²) < 4.78 is 0. The molecule has 0 radical (unpaired) electrons. The molecule has 104 valence electrons. The van der Waals surface area contributed by atoms with Crippen LogP contribution in [0.2, 0.25) is 0 Å². The van der Waals surface area contributed by atoms with E-state index in [-0.39, 0.29) is 23.7 Å². The Balaban J connectivity index is 1.65. The van der Waals surface area contributed by atoms with Crippen molar-refractivity contribution in [3.63, 3.8) is 0 Å². The van der Waals surface area contributed by atoms with Crippen molar-refractivity contribution < 1.29 is 9.59 Å². The first-order chi connectivity index (χ1) is 9.72. The number of anilines is 1. The molecule has 1 saturated carbocycles. The zero-order chi connectivity index (χ0) is 14.1. The van der Waals surface area contributed by atoms with Crippen molar-refractivity contribution in [2.75, 3.05) is 18.0 Å². The van der Waals surface area contributed by atoms with Crippen molar-refractivity contribution in [3.05, 3.63) is 42.5 Å². The second kappa shape index (κ2) is 5.12. The number of amides is 2. The lowest BCUT2D eigenvalue weighted by molar-refractivity contribution is -0.125. The molecular weight excluding hydrogens is 252 g/mol. The highest BCUT2D eigenvalue weighted by Gasteiger charge is 2.50. The van der Waals surface area contributed by atoms with E-state index in [1.165, 1.54) is 5.56 Å². The number of nitrogens with zero attached hydrogens (tertiary/aromatic N) is 1. The largest absolute Gasteiger partial charge is 0.352 e. The van der Waals surface area contributed by atoms with Gasteiger partial charge in [0.1, 0.15) is 0 Å². The summed E-state index contributed by atoms with van der Waals surface area (Å²) in [7, 11) is 0. The van der Waals surface area contributed by atoms with Gasteiger partial charge in [-0.25, -0.2) is 0 Å². The van der Waals surface area contributed by atoms with Crippen LogP contribution in [-0.2, 0) is 16.0 Å². The summed E-state index contributed by atoms with van der Waals surface area (Å²) in [5, 5.41) is 2.76. The van der Waals surface area contributed by atoms with Gasteiger partial charge >= 0.3 is 0 Å². The smallest absolute Gasteiger partial charge is 0.230 e. The first-order valence-corrected chi connectivity index (χ1v) is 7.00. The summed E-state index contributed by atoms with van der Waals surface area (Å²) in [6.07, 6.45) is 3.22. The predicted molar refractivity (Wildman–Crippen MR) is 77.3 cm³/mol. The fraction of sp³-hybridized carbons (Fsp3) is 0.375. The van der Waals surface area contributed by atoms with Gasteiger partial charge < -0.3 is 10.2 Å². The lowest BCUT2D eigenvalue weighted by atomic mass is 10.2. The average molecular weight is 270 g/mol. The summed E-state index contributed by atoms with van der Waals surface area (Å²) in [4.78, 5) is 26.1. The Morgan fingerprint density at radius 1 is 1.35 bits per heavy atom. The van der Waals surface area contributed by atoms with Gasteiger partial charge in [-0.05, 0) is 24.5 Å². The first-order valence-electron chi connectivity index (χ1n) is 7.00. The van der Waals surface area contributed by atoms with E-state index in [1.807, 2.05) is 23.1 Å². The fourth-order valence-electron chi connectivity index (χ4n) is 2.83. The molecule has 1 aliphatic carbocycles. The van der Waals surface area contributed by atoms with Gasteiger partial charge in [0.05, 0.1) is 11.8 Å². The maximum absolute atomic E-state index is 12.5. The van der Waals surface area contributed by atoms with E-state index in [4.69, 9.17) is 0 Å². The summed E-state index contributed by atoms with van der Waals surface area (Å²) in [5.41, 5.74) is 2.23. The molecule has 2 atom stereocenters. The molecule has 3 rings (SSSR count). The van der Waals surface area contributed by atoms with Crippen LogP contribution in [0.5, 0.6) is 0 Å². The Morgan fingerprint density at radius 2 is 2.15 bits per heavy atom. The molecule has 0 spiro atoms. The predicted octanol–water partition coefficient (Wildman–Crippen LogP) is 1.51. The number of carbonyl (C=O) groups excluding carboxylic acids is 2. The van der Waals surface area contributed by atoms with Gasteiger partial charge in [-0.15, -0.1) is 6.58 Å². The summed E-state index contributed by atoms with van der Waals surface area (Å²) >= 11 is 0. The molecule has 2 amide bonds. The first kappa shape index (κ1) is 12.9. The molecule has 1 N–H and O–H groups in total. The van der Waals surface area contributed by atoms with Crippen LogP contribution in [0.15, 0.2) is 36.9 Å². The van der Waals surface area contributed by atoms with Crippen LogP contribution in [0.3, 0.4) is 0 Å². The van der Waals surface area contributed by atoms with Crippen molar-refractivity contribution in [3.8, 4) is 0 Å². The zero-order valence-electron chi connectivity index (χ0n) is 11.3. The van der Waals surface area contributed by atoms with Gasteiger partial charge in [0.2, 0.25) is 11.8 Å². The van der Waals surface area contributed by atoms with E-state index in [1.54, 1.807) is 6.08 Å². The van der Waals surface area contributed by atoms with Crippen LogP contribution >= 0.6 is 0 Å². The van der Waals surface area contributed by atoms with E-state index in [2.05, 4.69) is 18.0 Å². The standard InChI is InChI=1S/C16H18N2O2/c1-2-8-17-15(19)12-10-13(12)16(20)18-9-7-11-5-3-4-6-14(11)18/h2-6,12-13H,1,7-10H2,(H,17,19). The monoisotopic (exact) mass is 270 g/mol. The summed E-state index contributed by atoms with van der Waals surface area (Å²) in [6.45, 7) is 4.76. The van der Waals surface area contributed by atoms with Crippen molar-refractivity contribution in [1.29, 1.82) is 0 Å². The molecule has 2 aliphatic rings. The minimum atomic E-state index is -0.157. The normalized spacial score (nSPS) is 23.1. The number of fused-ring (bicyclic) bond motifs is 1. The molecule has 4 heteroatoms. The maximum atomic E-state index is 12.5. The average Bonchev–Trinajstić information content (AvgIpc) is 3.16. The second-order valence-corrected chi connectivity index (χ2v) is 5.35. The van der Waals surface area contributed by atoms with E-state index < -0.39 is 0 Å². The van der Waals surface area contributed by atoms with E-state index in [0.29, 0.717) is 13.0 Å². The lowest BCUT2D eigenvalue weighted by Gasteiger charge is -2.17. The molecule has 4 nitrogen and oxygen atoms in total. The van der Waals surface area contributed by atoms with Crippen LogP contribution in [0, 0.1) is 11.8 Å². The maximum Gasteiger partial charge on any atom is 0.230 e. The Morgan fingerprint density at radius 3 is 2.95 bits per heavy atom. The quantitative estimate of drug-likeness (QED) is 0.843. The Kier molecular flexibility index (Phi) is 3.30. The second-order valence-electron chi connectivity index (χ2n) is 5.35. The minimum absolute atomic E-state index is 0.0317. The molecule has 1 aromatic rings. The molecule has 1 heterocycles. The number of carbonyl (C=O) groups is 2. The topological polar surface area (TPSA) is 49.4 Å².